The van der Waals surface area contributed by atoms with Crippen molar-refractivity contribution < 1.29 is 4.74 Å². The highest BCUT2D eigenvalue weighted by Crippen LogP contribution is 2.28. The second kappa shape index (κ2) is 6.20. The molecule has 112 valence electrons. The lowest BCUT2D eigenvalue weighted by molar-refractivity contribution is 0.412. The SMILES string of the molecule is COc1ccc(C)cc1-n1ccnc1NC1CCCCC1. The van der Waals surface area contributed by atoms with E-state index in [-0.39, 0.29) is 0 Å². The molecule has 0 unspecified atom stereocenters. The van der Waals surface area contributed by atoms with E-state index in [1.807, 2.05) is 18.5 Å². The van der Waals surface area contributed by atoms with Gasteiger partial charge in [-0.05, 0) is 37.5 Å². The zero-order valence-electron chi connectivity index (χ0n) is 12.8. The van der Waals surface area contributed by atoms with Gasteiger partial charge in [-0.15, -0.1) is 0 Å². The fourth-order valence-electron chi connectivity index (χ4n) is 3.02. The number of anilines is 1. The minimum absolute atomic E-state index is 0.538. The monoisotopic (exact) mass is 285 g/mol. The van der Waals surface area contributed by atoms with Crippen molar-refractivity contribution in [2.75, 3.05) is 12.4 Å². The first kappa shape index (κ1) is 14.0. The van der Waals surface area contributed by atoms with Crippen molar-refractivity contribution in [1.82, 2.24) is 9.55 Å². The molecule has 1 aromatic heterocycles. The molecule has 1 N–H and O–H groups in total. The van der Waals surface area contributed by atoms with Gasteiger partial charge in [0, 0.05) is 18.4 Å². The Morgan fingerprint density at radius 3 is 2.81 bits per heavy atom. The molecular weight excluding hydrogens is 262 g/mol. The van der Waals surface area contributed by atoms with E-state index >= 15 is 0 Å². The smallest absolute Gasteiger partial charge is 0.207 e. The van der Waals surface area contributed by atoms with Gasteiger partial charge in [-0.25, -0.2) is 4.98 Å². The molecule has 4 heteroatoms. The molecule has 1 aliphatic carbocycles. The van der Waals surface area contributed by atoms with Crippen molar-refractivity contribution >= 4 is 5.95 Å². The van der Waals surface area contributed by atoms with Crippen LogP contribution in [0.1, 0.15) is 37.7 Å². The molecule has 1 heterocycles. The molecule has 0 amide bonds. The number of hydrogen-bond donors (Lipinski definition) is 1. The maximum atomic E-state index is 5.49. The van der Waals surface area contributed by atoms with E-state index in [1.165, 1.54) is 37.7 Å². The van der Waals surface area contributed by atoms with E-state index in [4.69, 9.17) is 4.74 Å². The van der Waals surface area contributed by atoms with Crippen molar-refractivity contribution in [2.45, 2.75) is 45.1 Å². The van der Waals surface area contributed by atoms with E-state index in [9.17, 15) is 0 Å². The largest absolute Gasteiger partial charge is 0.495 e. The van der Waals surface area contributed by atoms with Gasteiger partial charge < -0.3 is 10.1 Å². The first-order valence-corrected chi connectivity index (χ1v) is 7.73. The van der Waals surface area contributed by atoms with Crippen LogP contribution in [0.25, 0.3) is 5.69 Å². The van der Waals surface area contributed by atoms with Gasteiger partial charge in [0.2, 0.25) is 5.95 Å². The molecule has 4 nitrogen and oxygen atoms in total. The third-order valence-electron chi connectivity index (χ3n) is 4.17. The molecule has 0 saturated heterocycles. The van der Waals surface area contributed by atoms with Crippen LogP contribution in [0.4, 0.5) is 5.95 Å². The number of aromatic nitrogens is 2. The summed E-state index contributed by atoms with van der Waals surface area (Å²) in [6, 6.07) is 6.74. The Morgan fingerprint density at radius 1 is 1.24 bits per heavy atom. The zero-order valence-corrected chi connectivity index (χ0v) is 12.8. The van der Waals surface area contributed by atoms with Crippen molar-refractivity contribution in [1.29, 1.82) is 0 Å². The van der Waals surface area contributed by atoms with Gasteiger partial charge in [0.1, 0.15) is 5.75 Å². The second-order valence-corrected chi connectivity index (χ2v) is 5.78. The molecule has 0 atom stereocenters. The van der Waals surface area contributed by atoms with Crippen molar-refractivity contribution in [3.8, 4) is 11.4 Å². The van der Waals surface area contributed by atoms with Gasteiger partial charge >= 0.3 is 0 Å². The van der Waals surface area contributed by atoms with Crippen LogP contribution >= 0.6 is 0 Å². The molecule has 0 bridgehead atoms. The number of rotatable bonds is 4. The number of benzene rings is 1. The summed E-state index contributed by atoms with van der Waals surface area (Å²) in [7, 11) is 1.71. The Morgan fingerprint density at radius 2 is 2.05 bits per heavy atom. The van der Waals surface area contributed by atoms with E-state index in [1.54, 1.807) is 7.11 Å². The molecule has 1 aromatic carbocycles. The maximum absolute atomic E-state index is 5.49. The van der Waals surface area contributed by atoms with Gasteiger partial charge in [-0.1, -0.05) is 25.3 Å². The third kappa shape index (κ3) is 3.04. The fourth-order valence-corrected chi connectivity index (χ4v) is 3.02. The maximum Gasteiger partial charge on any atom is 0.207 e. The van der Waals surface area contributed by atoms with Crippen LogP contribution in [0.2, 0.25) is 0 Å². The Balaban J connectivity index is 1.89. The van der Waals surface area contributed by atoms with Crippen LogP contribution in [0.5, 0.6) is 5.75 Å². The highest BCUT2D eigenvalue weighted by Gasteiger charge is 2.16. The van der Waals surface area contributed by atoms with Crippen LogP contribution in [0.15, 0.2) is 30.6 Å². The van der Waals surface area contributed by atoms with Crippen LogP contribution in [-0.4, -0.2) is 22.7 Å². The first-order chi connectivity index (χ1) is 10.3. The number of aryl methyl sites for hydroxylation is 1. The molecule has 1 aliphatic rings. The minimum atomic E-state index is 0.538. The lowest BCUT2D eigenvalue weighted by Crippen LogP contribution is -2.24. The summed E-state index contributed by atoms with van der Waals surface area (Å²) in [4.78, 5) is 4.49. The molecule has 0 radical (unpaired) electrons. The summed E-state index contributed by atoms with van der Waals surface area (Å²) >= 11 is 0. The van der Waals surface area contributed by atoms with Crippen LogP contribution in [0, 0.1) is 6.92 Å². The van der Waals surface area contributed by atoms with Gasteiger partial charge in [-0.3, -0.25) is 4.57 Å². The molecule has 1 fully saturated rings. The highest BCUT2D eigenvalue weighted by molar-refractivity contribution is 5.53. The molecule has 1 saturated carbocycles. The highest BCUT2D eigenvalue weighted by atomic mass is 16.5. The molecule has 3 rings (SSSR count). The Hall–Kier alpha value is -1.97. The number of imidazole rings is 1. The minimum Gasteiger partial charge on any atom is -0.495 e. The van der Waals surface area contributed by atoms with Gasteiger partial charge in [0.05, 0.1) is 12.8 Å². The summed E-state index contributed by atoms with van der Waals surface area (Å²) in [6.07, 6.45) is 10.3. The number of nitrogens with one attached hydrogen (secondary N) is 1. The quantitative estimate of drug-likeness (QED) is 0.925. The molecule has 2 aromatic rings. The van der Waals surface area contributed by atoms with Gasteiger partial charge in [-0.2, -0.15) is 0 Å². The topological polar surface area (TPSA) is 39.1 Å². The summed E-state index contributed by atoms with van der Waals surface area (Å²) < 4.78 is 7.58. The third-order valence-corrected chi connectivity index (χ3v) is 4.17. The summed E-state index contributed by atoms with van der Waals surface area (Å²) in [6.45, 7) is 2.09. The average Bonchev–Trinajstić information content (AvgIpc) is 2.96. The zero-order chi connectivity index (χ0) is 14.7. The van der Waals surface area contributed by atoms with Crippen LogP contribution < -0.4 is 10.1 Å². The molecular formula is C17H23N3O. The standard InChI is InChI=1S/C17H23N3O/c1-13-8-9-16(21-2)15(12-13)20-11-10-18-17(20)19-14-6-4-3-5-7-14/h8-12,14H,3-7H2,1-2H3,(H,18,19). The molecule has 0 aliphatic heterocycles. The number of hydrogen-bond acceptors (Lipinski definition) is 3. The van der Waals surface area contributed by atoms with E-state index < -0.39 is 0 Å². The summed E-state index contributed by atoms with van der Waals surface area (Å²) in [5.74, 6) is 1.77. The van der Waals surface area contributed by atoms with E-state index in [0.717, 1.165) is 17.4 Å². The predicted octanol–water partition coefficient (Wildman–Crippen LogP) is 3.93. The van der Waals surface area contributed by atoms with E-state index in [0.29, 0.717) is 6.04 Å². The number of methoxy groups -OCH3 is 1. The first-order valence-electron chi connectivity index (χ1n) is 7.73. The molecule has 0 spiro atoms. The fraction of sp³-hybridized carbons (Fsp3) is 0.471. The summed E-state index contributed by atoms with van der Waals surface area (Å²) in [5.41, 5.74) is 2.25. The predicted molar refractivity (Wildman–Crippen MR) is 85.3 cm³/mol. The normalized spacial score (nSPS) is 15.9. The second-order valence-electron chi connectivity index (χ2n) is 5.78. The average molecular weight is 285 g/mol. The van der Waals surface area contributed by atoms with Crippen LogP contribution in [-0.2, 0) is 0 Å². The van der Waals surface area contributed by atoms with Crippen molar-refractivity contribution in [3.05, 3.63) is 36.2 Å². The molecule has 21 heavy (non-hydrogen) atoms. The Labute approximate surface area is 126 Å². The van der Waals surface area contributed by atoms with Gasteiger partial charge in [0.25, 0.3) is 0 Å². The summed E-state index contributed by atoms with van der Waals surface area (Å²) in [5, 5.41) is 3.60. The lowest BCUT2D eigenvalue weighted by atomic mass is 9.96. The number of nitrogens with zero attached hydrogens (tertiary/aromatic N) is 2. The van der Waals surface area contributed by atoms with Gasteiger partial charge in [0.15, 0.2) is 0 Å². The van der Waals surface area contributed by atoms with Crippen LogP contribution in [0.3, 0.4) is 0 Å². The van der Waals surface area contributed by atoms with E-state index in [2.05, 4.69) is 33.9 Å². The van der Waals surface area contributed by atoms with Crippen molar-refractivity contribution in [3.63, 3.8) is 0 Å². The number of ether oxygens (including phenoxy) is 1. The van der Waals surface area contributed by atoms with Crippen molar-refractivity contribution in [2.24, 2.45) is 0 Å². The lowest BCUT2D eigenvalue weighted by Gasteiger charge is -2.24. The Bertz CT molecular complexity index is 600. The Kier molecular flexibility index (Phi) is 4.13.